The number of ether oxygens (including phenoxy) is 4. The van der Waals surface area contributed by atoms with Gasteiger partial charge in [0.15, 0.2) is 18.1 Å². The zero-order chi connectivity index (χ0) is 23.8. The molecule has 1 aliphatic heterocycles. The normalized spacial score (nSPS) is 11.9. The number of fused-ring (bicyclic) bond motifs is 1. The van der Waals surface area contributed by atoms with Gasteiger partial charge in [-0.05, 0) is 53.6 Å². The number of nitrogens with zero attached hydrogens (tertiary/aromatic N) is 1. The van der Waals surface area contributed by atoms with Crippen LogP contribution in [-0.4, -0.2) is 25.3 Å². The maximum absolute atomic E-state index is 12.2. The summed E-state index contributed by atoms with van der Waals surface area (Å²) >= 11 is 0. The average Bonchev–Trinajstić information content (AvgIpc) is 3.34. The molecule has 0 aliphatic carbocycles. The molecule has 8 nitrogen and oxygen atoms in total. The highest BCUT2D eigenvalue weighted by Crippen LogP contribution is 2.33. The molecule has 1 N–H and O–H groups in total. The van der Waals surface area contributed by atoms with E-state index in [-0.39, 0.29) is 12.4 Å². The van der Waals surface area contributed by atoms with Crippen LogP contribution in [-0.2, 0) is 20.9 Å². The van der Waals surface area contributed by atoms with Crippen LogP contribution in [0.4, 0.5) is 5.69 Å². The van der Waals surface area contributed by atoms with Crippen LogP contribution in [0.25, 0.3) is 6.08 Å². The molecule has 8 heteroatoms. The third-order valence-corrected chi connectivity index (χ3v) is 4.77. The van der Waals surface area contributed by atoms with Crippen molar-refractivity contribution in [3.8, 4) is 23.3 Å². The minimum atomic E-state index is -0.903. The molecule has 0 unspecified atom stereocenters. The first-order valence-electron chi connectivity index (χ1n) is 10.4. The van der Waals surface area contributed by atoms with Crippen LogP contribution in [0.15, 0.2) is 78.4 Å². The van der Waals surface area contributed by atoms with Gasteiger partial charge in [0, 0.05) is 5.69 Å². The van der Waals surface area contributed by atoms with Crippen LogP contribution in [0.2, 0.25) is 0 Å². The van der Waals surface area contributed by atoms with Crippen molar-refractivity contribution in [2.24, 2.45) is 0 Å². The topological polar surface area (TPSA) is 107 Å². The fourth-order valence-corrected chi connectivity index (χ4v) is 3.09. The molecule has 0 fully saturated rings. The van der Waals surface area contributed by atoms with Crippen LogP contribution in [0.3, 0.4) is 0 Å². The van der Waals surface area contributed by atoms with Crippen molar-refractivity contribution < 1.29 is 28.5 Å². The van der Waals surface area contributed by atoms with E-state index in [9.17, 15) is 14.9 Å². The van der Waals surface area contributed by atoms with Gasteiger partial charge in [-0.1, -0.05) is 36.4 Å². The van der Waals surface area contributed by atoms with E-state index >= 15 is 0 Å². The second-order valence-corrected chi connectivity index (χ2v) is 7.21. The monoisotopic (exact) mass is 456 g/mol. The number of carbonyl (C=O) groups is 2. The molecule has 0 saturated heterocycles. The van der Waals surface area contributed by atoms with Crippen molar-refractivity contribution in [1.29, 1.82) is 5.26 Å². The van der Waals surface area contributed by atoms with Crippen molar-refractivity contribution in [2.75, 3.05) is 18.7 Å². The number of benzene rings is 3. The van der Waals surface area contributed by atoms with Gasteiger partial charge in [-0.2, -0.15) is 5.26 Å². The fraction of sp³-hybridized carbons (Fsp3) is 0.115. The molecule has 3 aromatic rings. The van der Waals surface area contributed by atoms with Crippen molar-refractivity contribution in [2.45, 2.75) is 6.61 Å². The van der Waals surface area contributed by atoms with Gasteiger partial charge in [-0.25, -0.2) is 4.79 Å². The molecule has 34 heavy (non-hydrogen) atoms. The minimum absolute atomic E-state index is 0.119. The first-order valence-corrected chi connectivity index (χ1v) is 10.4. The molecular formula is C26H20N2O6. The summed E-state index contributed by atoms with van der Waals surface area (Å²) in [6.45, 7) is 0.0168. The average molecular weight is 456 g/mol. The number of nitriles is 1. The van der Waals surface area contributed by atoms with Gasteiger partial charge >= 0.3 is 5.97 Å². The Hall–Kier alpha value is -4.77. The van der Waals surface area contributed by atoms with Crippen LogP contribution in [0.1, 0.15) is 11.1 Å². The van der Waals surface area contributed by atoms with E-state index in [0.29, 0.717) is 35.1 Å². The molecule has 1 heterocycles. The molecule has 3 aromatic carbocycles. The molecule has 0 spiro atoms. The van der Waals surface area contributed by atoms with Gasteiger partial charge in [-0.3, -0.25) is 4.79 Å². The lowest BCUT2D eigenvalue weighted by molar-refractivity contribution is -0.142. The second kappa shape index (κ2) is 10.7. The summed E-state index contributed by atoms with van der Waals surface area (Å²) in [7, 11) is 0. The number of hydrogen-bond acceptors (Lipinski definition) is 7. The van der Waals surface area contributed by atoms with Gasteiger partial charge in [0.25, 0.3) is 5.91 Å². The van der Waals surface area contributed by atoms with Crippen LogP contribution < -0.4 is 19.5 Å². The maximum Gasteiger partial charge on any atom is 0.349 e. The first-order chi connectivity index (χ1) is 16.6. The van der Waals surface area contributed by atoms with Crippen molar-refractivity contribution in [3.63, 3.8) is 0 Å². The Kier molecular flexibility index (Phi) is 7.06. The van der Waals surface area contributed by atoms with E-state index in [1.807, 2.05) is 30.3 Å². The van der Waals surface area contributed by atoms with Crippen LogP contribution in [0.5, 0.6) is 17.2 Å². The zero-order valence-electron chi connectivity index (χ0n) is 18.0. The summed E-state index contributed by atoms with van der Waals surface area (Å²) < 4.78 is 21.2. The number of amides is 1. The van der Waals surface area contributed by atoms with E-state index in [1.165, 1.54) is 6.08 Å². The molecule has 0 bridgehead atoms. The summed E-state index contributed by atoms with van der Waals surface area (Å²) in [4.78, 5) is 24.4. The number of esters is 1. The Morgan fingerprint density at radius 3 is 2.53 bits per heavy atom. The van der Waals surface area contributed by atoms with Gasteiger partial charge < -0.3 is 24.3 Å². The molecule has 0 radical (unpaired) electrons. The van der Waals surface area contributed by atoms with E-state index < -0.39 is 18.5 Å². The van der Waals surface area contributed by atoms with Gasteiger partial charge in [0.05, 0.1) is 0 Å². The number of anilines is 1. The predicted octanol–water partition coefficient (Wildman–Crippen LogP) is 4.08. The Morgan fingerprint density at radius 2 is 1.76 bits per heavy atom. The summed E-state index contributed by atoms with van der Waals surface area (Å²) in [5.41, 5.74) is 1.89. The van der Waals surface area contributed by atoms with Crippen molar-refractivity contribution >= 4 is 23.6 Å². The fourth-order valence-electron chi connectivity index (χ4n) is 3.09. The number of hydrogen-bond donors (Lipinski definition) is 1. The second-order valence-electron chi connectivity index (χ2n) is 7.21. The molecule has 1 aliphatic rings. The number of rotatable bonds is 8. The van der Waals surface area contributed by atoms with E-state index in [4.69, 9.17) is 18.9 Å². The Balaban J connectivity index is 1.26. The highest BCUT2D eigenvalue weighted by Gasteiger charge is 2.16. The van der Waals surface area contributed by atoms with Crippen LogP contribution in [0, 0.1) is 11.3 Å². The maximum atomic E-state index is 12.2. The highest BCUT2D eigenvalue weighted by atomic mass is 16.7. The minimum Gasteiger partial charge on any atom is -0.489 e. The number of carbonyl (C=O) groups excluding carboxylic acids is 2. The van der Waals surface area contributed by atoms with Crippen LogP contribution >= 0.6 is 0 Å². The molecule has 0 atom stereocenters. The molecule has 170 valence electrons. The highest BCUT2D eigenvalue weighted by molar-refractivity contribution is 6.00. The summed E-state index contributed by atoms with van der Waals surface area (Å²) in [5.74, 6) is 0.327. The first kappa shape index (κ1) is 22.4. The number of nitrogens with one attached hydrogen (secondary N) is 1. The Labute approximate surface area is 195 Å². The standard InChI is InChI=1S/C26H20N2O6/c27-14-20(12-19-6-11-23-24(13-19)34-17-33-23)26(30)32-16-25(29)28-21-7-9-22(10-8-21)31-15-18-4-2-1-3-5-18/h1-13H,15-17H2,(H,28,29)/b20-12-. The molecular weight excluding hydrogens is 436 g/mol. The molecule has 0 saturated carbocycles. The van der Waals surface area contributed by atoms with Crippen molar-refractivity contribution in [1.82, 2.24) is 0 Å². The lowest BCUT2D eigenvalue weighted by Crippen LogP contribution is -2.21. The lowest BCUT2D eigenvalue weighted by Gasteiger charge is -2.09. The van der Waals surface area contributed by atoms with E-state index in [0.717, 1.165) is 5.56 Å². The SMILES string of the molecule is N#C/C(=C/c1ccc2c(c1)OCO2)C(=O)OCC(=O)Nc1ccc(OCc2ccccc2)cc1. The molecule has 0 aromatic heterocycles. The summed E-state index contributed by atoms with van der Waals surface area (Å²) in [6, 6.07) is 23.4. The Bertz CT molecular complexity index is 1250. The molecule has 4 rings (SSSR count). The van der Waals surface area contributed by atoms with Gasteiger partial charge in [-0.15, -0.1) is 0 Å². The Morgan fingerprint density at radius 1 is 1.00 bits per heavy atom. The van der Waals surface area contributed by atoms with E-state index in [1.54, 1.807) is 48.5 Å². The van der Waals surface area contributed by atoms with Crippen molar-refractivity contribution in [3.05, 3.63) is 89.5 Å². The summed E-state index contributed by atoms with van der Waals surface area (Å²) in [5, 5.41) is 11.9. The lowest BCUT2D eigenvalue weighted by atomic mass is 10.1. The summed E-state index contributed by atoms with van der Waals surface area (Å²) in [6.07, 6.45) is 1.36. The third-order valence-electron chi connectivity index (χ3n) is 4.77. The largest absolute Gasteiger partial charge is 0.489 e. The van der Waals surface area contributed by atoms with E-state index in [2.05, 4.69) is 5.32 Å². The molecule has 1 amide bonds. The third kappa shape index (κ3) is 5.93. The quantitative estimate of drug-likeness (QED) is 0.309. The van der Waals surface area contributed by atoms with Gasteiger partial charge in [0.1, 0.15) is 24.0 Å². The zero-order valence-corrected chi connectivity index (χ0v) is 18.0. The smallest absolute Gasteiger partial charge is 0.349 e. The predicted molar refractivity (Wildman–Crippen MR) is 123 cm³/mol. The van der Waals surface area contributed by atoms with Gasteiger partial charge in [0.2, 0.25) is 6.79 Å².